The molecule has 3 aromatic rings. The average Bonchev–Trinajstić information content (AvgIpc) is 2.97. The minimum Gasteiger partial charge on any atom is -0.316 e. The molecule has 3 rings (SSSR count). The van der Waals surface area contributed by atoms with Gasteiger partial charge in [0, 0.05) is 29.1 Å². The van der Waals surface area contributed by atoms with Gasteiger partial charge >= 0.3 is 0 Å². The third-order valence-electron chi connectivity index (χ3n) is 4.03. The molecule has 0 aliphatic heterocycles. The molecule has 0 spiro atoms. The normalized spacial score (nSPS) is 11.6. The van der Waals surface area contributed by atoms with Gasteiger partial charge in [-0.05, 0) is 55.8 Å². The zero-order valence-corrected chi connectivity index (χ0v) is 15.5. The second kappa shape index (κ2) is 7.63. The van der Waals surface area contributed by atoms with Crippen molar-refractivity contribution in [3.63, 3.8) is 0 Å². The largest absolute Gasteiger partial charge is 0.316 e. The van der Waals surface area contributed by atoms with Crippen molar-refractivity contribution < 1.29 is 14.1 Å². The molecular formula is C19H16FN3O3S. The topological polar surface area (TPSA) is 77.5 Å². The predicted octanol–water partition coefficient (Wildman–Crippen LogP) is 4.33. The third kappa shape index (κ3) is 3.85. The number of halogens is 1. The number of aryl methyl sites for hydroxylation is 1. The highest BCUT2D eigenvalue weighted by Gasteiger charge is 2.14. The summed E-state index contributed by atoms with van der Waals surface area (Å²) in [7, 11) is 0. The van der Waals surface area contributed by atoms with Crippen LogP contribution in [0.25, 0.3) is 11.3 Å². The minimum atomic E-state index is -0.520. The SMILES string of the molecule is CCn1c(-c2ccc(F)cc2)c(C)sc1=NC(=O)c1ccc([N+](=O)[O-])cc1. The predicted molar refractivity (Wildman–Crippen MR) is 101 cm³/mol. The van der Waals surface area contributed by atoms with Crippen molar-refractivity contribution in [2.24, 2.45) is 4.99 Å². The van der Waals surface area contributed by atoms with E-state index in [0.29, 0.717) is 11.3 Å². The van der Waals surface area contributed by atoms with E-state index < -0.39 is 10.8 Å². The number of benzene rings is 2. The highest BCUT2D eigenvalue weighted by Crippen LogP contribution is 2.25. The first-order valence-electron chi connectivity index (χ1n) is 8.20. The van der Waals surface area contributed by atoms with E-state index in [1.54, 1.807) is 12.1 Å². The number of thiazole rings is 1. The summed E-state index contributed by atoms with van der Waals surface area (Å²) in [5.41, 5.74) is 1.92. The summed E-state index contributed by atoms with van der Waals surface area (Å²) in [4.78, 5) is 28.4. The number of non-ortho nitro benzene ring substituents is 1. The van der Waals surface area contributed by atoms with Crippen LogP contribution >= 0.6 is 11.3 Å². The van der Waals surface area contributed by atoms with Crippen LogP contribution in [0.15, 0.2) is 53.5 Å². The molecule has 0 saturated carbocycles. The monoisotopic (exact) mass is 385 g/mol. The molecule has 0 bridgehead atoms. The summed E-state index contributed by atoms with van der Waals surface area (Å²) < 4.78 is 15.1. The number of amides is 1. The van der Waals surface area contributed by atoms with E-state index in [9.17, 15) is 19.3 Å². The van der Waals surface area contributed by atoms with Gasteiger partial charge in [-0.25, -0.2) is 4.39 Å². The van der Waals surface area contributed by atoms with Crippen LogP contribution in [0.5, 0.6) is 0 Å². The van der Waals surface area contributed by atoms with Crippen LogP contribution in [0.3, 0.4) is 0 Å². The van der Waals surface area contributed by atoms with Crippen LogP contribution in [-0.4, -0.2) is 15.4 Å². The highest BCUT2D eigenvalue weighted by molar-refractivity contribution is 7.09. The molecule has 8 heteroatoms. The van der Waals surface area contributed by atoms with Crippen molar-refractivity contribution >= 4 is 22.9 Å². The van der Waals surface area contributed by atoms with Gasteiger partial charge in [0.2, 0.25) is 0 Å². The molecule has 0 unspecified atom stereocenters. The van der Waals surface area contributed by atoms with Gasteiger partial charge < -0.3 is 4.57 Å². The molecule has 138 valence electrons. The van der Waals surface area contributed by atoms with Crippen molar-refractivity contribution in [2.45, 2.75) is 20.4 Å². The molecule has 0 aliphatic carbocycles. The zero-order chi connectivity index (χ0) is 19.6. The Kier molecular flexibility index (Phi) is 5.27. The number of hydrogen-bond donors (Lipinski definition) is 0. The zero-order valence-electron chi connectivity index (χ0n) is 14.7. The molecule has 27 heavy (non-hydrogen) atoms. The fraction of sp³-hybridized carbons (Fsp3) is 0.158. The number of carbonyl (C=O) groups is 1. The number of hydrogen-bond acceptors (Lipinski definition) is 4. The quantitative estimate of drug-likeness (QED) is 0.495. The maximum absolute atomic E-state index is 13.2. The Bertz CT molecular complexity index is 1070. The Labute approximate surface area is 158 Å². The number of rotatable bonds is 4. The smallest absolute Gasteiger partial charge is 0.279 e. The molecule has 2 aromatic carbocycles. The average molecular weight is 385 g/mol. The lowest BCUT2D eigenvalue weighted by Gasteiger charge is -2.07. The van der Waals surface area contributed by atoms with Gasteiger partial charge in [0.1, 0.15) is 5.82 Å². The number of nitro groups is 1. The van der Waals surface area contributed by atoms with Crippen molar-refractivity contribution in [3.05, 3.63) is 79.7 Å². The van der Waals surface area contributed by atoms with Crippen LogP contribution in [0, 0.1) is 22.9 Å². The molecule has 1 amide bonds. The van der Waals surface area contributed by atoms with Crippen molar-refractivity contribution in [2.75, 3.05) is 0 Å². The second-order valence-electron chi connectivity index (χ2n) is 5.76. The molecule has 0 saturated heterocycles. The summed E-state index contributed by atoms with van der Waals surface area (Å²) in [6.45, 7) is 4.45. The Morgan fingerprint density at radius 2 is 1.81 bits per heavy atom. The molecule has 0 radical (unpaired) electrons. The van der Waals surface area contributed by atoms with Crippen molar-refractivity contribution in [1.82, 2.24) is 4.57 Å². The number of carbonyl (C=O) groups excluding carboxylic acids is 1. The number of nitrogens with zero attached hydrogens (tertiary/aromatic N) is 3. The molecule has 0 N–H and O–H groups in total. The lowest BCUT2D eigenvalue weighted by Crippen LogP contribution is -2.17. The molecule has 1 heterocycles. The van der Waals surface area contributed by atoms with Crippen LogP contribution in [0.1, 0.15) is 22.2 Å². The lowest BCUT2D eigenvalue weighted by atomic mass is 10.1. The van der Waals surface area contributed by atoms with Crippen LogP contribution in [0.2, 0.25) is 0 Å². The summed E-state index contributed by atoms with van der Waals surface area (Å²) >= 11 is 1.37. The summed E-state index contributed by atoms with van der Waals surface area (Å²) in [6, 6.07) is 11.5. The van der Waals surface area contributed by atoms with E-state index in [-0.39, 0.29) is 17.1 Å². The Morgan fingerprint density at radius 3 is 2.37 bits per heavy atom. The van der Waals surface area contributed by atoms with Gasteiger partial charge in [-0.15, -0.1) is 11.3 Å². The first-order valence-corrected chi connectivity index (χ1v) is 9.02. The van der Waals surface area contributed by atoms with E-state index in [1.165, 1.54) is 47.7 Å². The minimum absolute atomic E-state index is 0.0827. The van der Waals surface area contributed by atoms with Crippen LogP contribution in [0.4, 0.5) is 10.1 Å². The third-order valence-corrected chi connectivity index (χ3v) is 5.03. The summed E-state index contributed by atoms with van der Waals surface area (Å²) in [5.74, 6) is -0.785. The molecular weight excluding hydrogens is 369 g/mol. The highest BCUT2D eigenvalue weighted by atomic mass is 32.1. The van der Waals surface area contributed by atoms with E-state index in [0.717, 1.165) is 16.1 Å². The maximum atomic E-state index is 13.2. The van der Waals surface area contributed by atoms with Gasteiger partial charge in [-0.1, -0.05) is 0 Å². The van der Waals surface area contributed by atoms with Gasteiger partial charge in [0.15, 0.2) is 4.80 Å². The molecule has 1 aromatic heterocycles. The number of aromatic nitrogens is 1. The molecule has 0 atom stereocenters. The van der Waals surface area contributed by atoms with Crippen LogP contribution < -0.4 is 4.80 Å². The first-order chi connectivity index (χ1) is 12.9. The first kappa shape index (κ1) is 18.7. The summed E-state index contributed by atoms with van der Waals surface area (Å²) in [5, 5.41) is 10.7. The van der Waals surface area contributed by atoms with Gasteiger partial charge in [0.25, 0.3) is 11.6 Å². The van der Waals surface area contributed by atoms with Gasteiger partial charge in [-0.2, -0.15) is 4.99 Å². The molecule has 0 fully saturated rings. The Morgan fingerprint density at radius 1 is 1.19 bits per heavy atom. The van der Waals surface area contributed by atoms with Gasteiger partial charge in [-0.3, -0.25) is 14.9 Å². The van der Waals surface area contributed by atoms with Crippen molar-refractivity contribution in [3.8, 4) is 11.3 Å². The number of nitro benzene ring substituents is 1. The molecule has 0 aliphatic rings. The second-order valence-corrected chi connectivity index (χ2v) is 6.94. The Balaban J connectivity index is 2.03. The van der Waals surface area contributed by atoms with E-state index in [2.05, 4.69) is 4.99 Å². The van der Waals surface area contributed by atoms with E-state index in [4.69, 9.17) is 0 Å². The van der Waals surface area contributed by atoms with Gasteiger partial charge in [0.05, 0.1) is 10.6 Å². The fourth-order valence-corrected chi connectivity index (χ4v) is 3.80. The van der Waals surface area contributed by atoms with E-state index >= 15 is 0 Å². The van der Waals surface area contributed by atoms with Crippen LogP contribution in [-0.2, 0) is 6.54 Å². The molecule has 6 nitrogen and oxygen atoms in total. The maximum Gasteiger partial charge on any atom is 0.279 e. The lowest BCUT2D eigenvalue weighted by molar-refractivity contribution is -0.384. The fourth-order valence-electron chi connectivity index (χ4n) is 2.75. The summed E-state index contributed by atoms with van der Waals surface area (Å²) in [6.07, 6.45) is 0. The standard InChI is InChI=1S/C19H16FN3O3S/c1-3-22-17(13-4-8-15(20)9-5-13)12(2)27-19(22)21-18(24)14-6-10-16(11-7-14)23(25)26/h4-11H,3H2,1-2H3. The van der Waals surface area contributed by atoms with Crippen molar-refractivity contribution in [1.29, 1.82) is 0 Å². The Hall–Kier alpha value is -3.13. The van der Waals surface area contributed by atoms with E-state index in [1.807, 2.05) is 18.4 Å².